The number of nitrogens with two attached hydrogens (primary N) is 1. The normalized spacial score (nSPS) is 27.0. The second-order valence-corrected chi connectivity index (χ2v) is 11.3. The summed E-state index contributed by atoms with van der Waals surface area (Å²) in [6.07, 6.45) is 5.67. The van der Waals surface area contributed by atoms with Crippen LogP contribution in [0.15, 0.2) is 42.9 Å². The molecule has 1 aliphatic heterocycles. The van der Waals surface area contributed by atoms with Gasteiger partial charge in [-0.25, -0.2) is 14.4 Å². The van der Waals surface area contributed by atoms with Crippen LogP contribution in [0.25, 0.3) is 16.9 Å². The minimum Gasteiger partial charge on any atom is -0.434 e. The number of ether oxygens (including phenoxy) is 1. The molecule has 3 aromatic heterocycles. The molecule has 40 heavy (non-hydrogen) atoms. The van der Waals surface area contributed by atoms with Crippen LogP contribution in [0.5, 0.6) is 5.75 Å². The largest absolute Gasteiger partial charge is 0.434 e. The lowest BCUT2D eigenvalue weighted by atomic mass is 9.64. The van der Waals surface area contributed by atoms with Crippen molar-refractivity contribution in [3.05, 3.63) is 76.9 Å². The van der Waals surface area contributed by atoms with Crippen LogP contribution in [0.4, 0.5) is 13.2 Å². The van der Waals surface area contributed by atoms with Gasteiger partial charge < -0.3 is 20.5 Å². The number of rotatable bonds is 4. The van der Waals surface area contributed by atoms with Gasteiger partial charge >= 0.3 is 6.61 Å². The van der Waals surface area contributed by atoms with Crippen LogP contribution in [0.1, 0.15) is 71.1 Å². The number of carbonyl (C=O) groups excluding carboxylic acids is 1. The molecule has 2 unspecified atom stereocenters. The monoisotopic (exact) mass is 550 g/mol. The highest BCUT2D eigenvalue weighted by atomic mass is 19.3. The van der Waals surface area contributed by atoms with Crippen LogP contribution < -0.4 is 10.5 Å². The van der Waals surface area contributed by atoms with Crippen molar-refractivity contribution in [3.8, 4) is 16.9 Å². The van der Waals surface area contributed by atoms with Crippen LogP contribution in [0.2, 0.25) is 0 Å². The fourth-order valence-electron chi connectivity index (χ4n) is 6.81. The Morgan fingerprint density at radius 2 is 1.95 bits per heavy atom. The van der Waals surface area contributed by atoms with Crippen LogP contribution >= 0.6 is 0 Å². The summed E-state index contributed by atoms with van der Waals surface area (Å²) in [7, 11) is 1.67. The molecule has 7 rings (SSSR count). The Hall–Kier alpha value is -4.03. The molecule has 2 aliphatic carbocycles. The summed E-state index contributed by atoms with van der Waals surface area (Å²) in [5.41, 5.74) is 7.45. The van der Waals surface area contributed by atoms with E-state index in [-0.39, 0.29) is 36.2 Å². The van der Waals surface area contributed by atoms with Gasteiger partial charge in [-0.2, -0.15) is 8.78 Å². The Kier molecular flexibility index (Phi) is 5.15. The van der Waals surface area contributed by atoms with Crippen LogP contribution in [0, 0.1) is 5.82 Å². The first-order chi connectivity index (χ1) is 19.0. The minimum atomic E-state index is -3.06. The zero-order valence-corrected chi connectivity index (χ0v) is 21.6. The van der Waals surface area contributed by atoms with Crippen molar-refractivity contribution < 1.29 is 27.8 Å². The first kappa shape index (κ1) is 25.0. The summed E-state index contributed by atoms with van der Waals surface area (Å²) in [5, 5.41) is 10.1. The Bertz CT molecular complexity index is 1710. The van der Waals surface area contributed by atoms with E-state index in [0.29, 0.717) is 45.8 Å². The Morgan fingerprint density at radius 3 is 2.65 bits per heavy atom. The number of aromatic nitrogens is 4. The van der Waals surface area contributed by atoms with E-state index < -0.39 is 29.5 Å². The molecule has 1 aromatic carbocycles. The van der Waals surface area contributed by atoms with Gasteiger partial charge in [-0.15, -0.1) is 0 Å². The predicted octanol–water partition coefficient (Wildman–Crippen LogP) is 3.89. The topological polar surface area (TPSA) is 119 Å². The van der Waals surface area contributed by atoms with Crippen LogP contribution in [0.3, 0.4) is 0 Å². The molecular formula is C28H25F3N6O3. The SMILES string of the molecule is CN1C(=O)c2cccc(OC(F)F)c2C2CC1c1nc3ncc(-c4cnc(C5(N)CC(C)(O)C5)c(F)c4)cn3c12. The third kappa shape index (κ3) is 3.55. The molecule has 4 heterocycles. The van der Waals surface area contributed by atoms with E-state index in [0.717, 1.165) is 0 Å². The molecule has 2 bridgehead atoms. The number of benzene rings is 1. The van der Waals surface area contributed by atoms with Gasteiger partial charge in [0.05, 0.1) is 34.3 Å². The molecular weight excluding hydrogens is 525 g/mol. The van der Waals surface area contributed by atoms with E-state index in [2.05, 4.69) is 9.97 Å². The summed E-state index contributed by atoms with van der Waals surface area (Å²) < 4.78 is 48.5. The maximum absolute atomic E-state index is 15.2. The first-order valence-corrected chi connectivity index (χ1v) is 12.9. The van der Waals surface area contributed by atoms with Crippen molar-refractivity contribution in [2.24, 2.45) is 5.73 Å². The van der Waals surface area contributed by atoms with Crippen molar-refractivity contribution in [3.63, 3.8) is 0 Å². The molecule has 2 atom stereocenters. The maximum atomic E-state index is 15.2. The van der Waals surface area contributed by atoms with Gasteiger partial charge in [0, 0.05) is 53.8 Å². The maximum Gasteiger partial charge on any atom is 0.387 e. The average Bonchev–Trinajstić information content (AvgIpc) is 3.40. The highest BCUT2D eigenvalue weighted by Gasteiger charge is 2.52. The Balaban J connectivity index is 1.34. The van der Waals surface area contributed by atoms with Gasteiger partial charge in [0.1, 0.15) is 11.6 Å². The second-order valence-electron chi connectivity index (χ2n) is 11.3. The zero-order chi connectivity index (χ0) is 28.1. The average molecular weight is 551 g/mol. The number of nitrogens with zero attached hydrogens (tertiary/aromatic N) is 5. The first-order valence-electron chi connectivity index (χ1n) is 12.9. The van der Waals surface area contributed by atoms with E-state index in [9.17, 15) is 18.7 Å². The molecule has 1 fully saturated rings. The van der Waals surface area contributed by atoms with E-state index in [1.807, 2.05) is 0 Å². The zero-order valence-electron chi connectivity index (χ0n) is 21.6. The Labute approximate surface area is 226 Å². The number of hydrogen-bond donors (Lipinski definition) is 2. The molecule has 206 valence electrons. The number of hydrogen-bond acceptors (Lipinski definition) is 7. The van der Waals surface area contributed by atoms with Crippen molar-refractivity contribution >= 4 is 11.7 Å². The highest BCUT2D eigenvalue weighted by Crippen LogP contribution is 2.52. The van der Waals surface area contributed by atoms with Gasteiger partial charge in [0.2, 0.25) is 5.78 Å². The predicted molar refractivity (Wildman–Crippen MR) is 136 cm³/mol. The molecule has 12 heteroatoms. The van der Waals surface area contributed by atoms with Crippen molar-refractivity contribution in [1.82, 2.24) is 24.3 Å². The molecule has 3 aliphatic rings. The molecule has 4 aromatic rings. The molecule has 1 amide bonds. The summed E-state index contributed by atoms with van der Waals surface area (Å²) in [6.45, 7) is -1.40. The fraction of sp³-hybridized carbons (Fsp3) is 0.357. The number of amides is 1. The number of alkyl halides is 2. The van der Waals surface area contributed by atoms with Crippen molar-refractivity contribution in [1.29, 1.82) is 0 Å². The number of aliphatic hydroxyl groups is 1. The molecule has 9 nitrogen and oxygen atoms in total. The smallest absolute Gasteiger partial charge is 0.387 e. The van der Waals surface area contributed by atoms with E-state index in [1.165, 1.54) is 24.4 Å². The van der Waals surface area contributed by atoms with Gasteiger partial charge in [0.25, 0.3) is 5.91 Å². The number of fused-ring (bicyclic) bond motifs is 9. The van der Waals surface area contributed by atoms with E-state index in [4.69, 9.17) is 15.5 Å². The lowest BCUT2D eigenvalue weighted by Gasteiger charge is -2.48. The third-order valence-electron chi connectivity index (χ3n) is 8.34. The van der Waals surface area contributed by atoms with E-state index in [1.54, 1.807) is 41.7 Å². The molecule has 0 saturated heterocycles. The fourth-order valence-corrected chi connectivity index (χ4v) is 6.81. The van der Waals surface area contributed by atoms with Gasteiger partial charge in [-0.1, -0.05) is 6.07 Å². The lowest BCUT2D eigenvalue weighted by molar-refractivity contribution is -0.0764. The molecule has 0 spiro atoms. The van der Waals surface area contributed by atoms with Gasteiger partial charge in [-0.3, -0.25) is 14.2 Å². The van der Waals surface area contributed by atoms with Gasteiger partial charge in [0.15, 0.2) is 0 Å². The molecule has 3 N–H and O–H groups in total. The summed E-state index contributed by atoms with van der Waals surface area (Å²) in [5.74, 6) is -1.04. The minimum absolute atomic E-state index is 0.0561. The van der Waals surface area contributed by atoms with Crippen LogP contribution in [-0.2, 0) is 5.54 Å². The van der Waals surface area contributed by atoms with E-state index >= 15 is 4.39 Å². The summed E-state index contributed by atoms with van der Waals surface area (Å²) >= 11 is 0. The summed E-state index contributed by atoms with van der Waals surface area (Å²) in [6, 6.07) is 5.52. The standard InChI is InChI=1S/C28H25F3N6O3/c1-27(39)11-28(32,12-27)23-17(29)6-13(8-33-23)14-9-34-26-35-21-18-7-16(22(21)37(26)10-14)20-15(24(38)36(18)2)4-3-5-19(20)40-25(30)31/h3-6,8-10,16,18,25,39H,7,11-12,32H2,1-2H3. The van der Waals surface area contributed by atoms with Gasteiger partial charge in [-0.05, 0) is 44.4 Å². The number of pyridine rings is 1. The number of carbonyl (C=O) groups is 1. The lowest BCUT2D eigenvalue weighted by Crippen LogP contribution is -2.59. The number of imidazole rings is 1. The number of halogens is 3. The van der Waals surface area contributed by atoms with Crippen molar-refractivity contribution in [2.45, 2.75) is 55.9 Å². The second kappa shape index (κ2) is 8.24. The quantitative estimate of drug-likeness (QED) is 0.396. The third-order valence-corrected chi connectivity index (χ3v) is 8.34. The summed E-state index contributed by atoms with van der Waals surface area (Å²) in [4.78, 5) is 28.4. The molecule has 1 saturated carbocycles. The molecule has 0 radical (unpaired) electrons. The Morgan fingerprint density at radius 1 is 1.20 bits per heavy atom. The van der Waals surface area contributed by atoms with Crippen molar-refractivity contribution in [2.75, 3.05) is 7.05 Å². The highest BCUT2D eigenvalue weighted by molar-refractivity contribution is 5.98. The van der Waals surface area contributed by atoms with Crippen LogP contribution in [-0.4, -0.2) is 54.5 Å².